The minimum absolute atomic E-state index is 0.175. The zero-order chi connectivity index (χ0) is 19.0. The van der Waals surface area contributed by atoms with Crippen LogP contribution in [0.4, 0.5) is 4.39 Å². The minimum Gasteiger partial charge on any atom is -0.347 e. The number of nitrogens with zero attached hydrogens (tertiary/aromatic N) is 3. The Morgan fingerprint density at radius 2 is 2.07 bits per heavy atom. The van der Waals surface area contributed by atoms with Crippen molar-refractivity contribution in [2.75, 3.05) is 0 Å². The third-order valence-electron chi connectivity index (χ3n) is 4.98. The van der Waals surface area contributed by atoms with Gasteiger partial charge in [0.1, 0.15) is 23.4 Å². The third kappa shape index (κ3) is 3.07. The summed E-state index contributed by atoms with van der Waals surface area (Å²) in [6.07, 6.45) is 5.83. The summed E-state index contributed by atoms with van der Waals surface area (Å²) < 4.78 is 16.4. The van der Waals surface area contributed by atoms with Crippen LogP contribution in [0.5, 0.6) is 0 Å². The molecule has 0 bridgehead atoms. The maximum Gasteiger partial charge on any atom is 0.328 e. The Morgan fingerprint density at radius 1 is 1.30 bits per heavy atom. The van der Waals surface area contributed by atoms with Crippen molar-refractivity contribution in [2.45, 2.75) is 31.8 Å². The van der Waals surface area contributed by atoms with Gasteiger partial charge in [-0.3, -0.25) is 13.9 Å². The Bertz CT molecular complexity index is 1020. The molecule has 7 nitrogen and oxygen atoms in total. The van der Waals surface area contributed by atoms with Gasteiger partial charge in [-0.2, -0.15) is 0 Å². The van der Waals surface area contributed by atoms with E-state index in [0.717, 1.165) is 18.5 Å². The van der Waals surface area contributed by atoms with Crippen molar-refractivity contribution in [3.05, 3.63) is 75.7 Å². The second-order valence-electron chi connectivity index (χ2n) is 6.68. The normalized spacial score (nSPS) is 14.6. The molecule has 1 atom stereocenters. The number of carbonyl (C=O) groups is 1. The fourth-order valence-corrected chi connectivity index (χ4v) is 3.64. The molecule has 27 heavy (non-hydrogen) atoms. The number of hydrogen-bond acceptors (Lipinski definition) is 3. The van der Waals surface area contributed by atoms with Crippen LogP contribution in [-0.4, -0.2) is 25.0 Å². The molecule has 2 N–H and O–H groups in total. The number of imidazole rings is 2. The molecule has 0 aliphatic carbocycles. The van der Waals surface area contributed by atoms with Crippen molar-refractivity contribution in [3.63, 3.8) is 0 Å². The highest BCUT2D eigenvalue weighted by molar-refractivity contribution is 5.94. The van der Waals surface area contributed by atoms with Gasteiger partial charge in [-0.1, -0.05) is 12.1 Å². The SMILES string of the molecule is Cn1c(C(=O)NC(c2ccc(F)cc2)c2ncc[nH]2)c2n(c1=O)CCCC2. The first-order valence-corrected chi connectivity index (χ1v) is 8.90. The van der Waals surface area contributed by atoms with E-state index in [1.54, 1.807) is 36.1 Å². The van der Waals surface area contributed by atoms with E-state index in [2.05, 4.69) is 15.3 Å². The van der Waals surface area contributed by atoms with Crippen molar-refractivity contribution in [2.24, 2.45) is 7.05 Å². The summed E-state index contributed by atoms with van der Waals surface area (Å²) in [5.74, 6) is -0.170. The molecule has 4 rings (SSSR count). The molecular weight excluding hydrogens is 349 g/mol. The van der Waals surface area contributed by atoms with Gasteiger partial charge in [0.05, 0.1) is 5.69 Å². The van der Waals surface area contributed by atoms with Gasteiger partial charge < -0.3 is 10.3 Å². The molecule has 0 saturated heterocycles. The fourth-order valence-electron chi connectivity index (χ4n) is 3.64. The summed E-state index contributed by atoms with van der Waals surface area (Å²) >= 11 is 0. The van der Waals surface area contributed by atoms with Crippen molar-refractivity contribution >= 4 is 5.91 Å². The Balaban J connectivity index is 1.71. The van der Waals surface area contributed by atoms with Crippen molar-refractivity contribution in [3.8, 4) is 0 Å². The van der Waals surface area contributed by atoms with E-state index in [1.807, 2.05) is 0 Å². The van der Waals surface area contributed by atoms with Gasteiger partial charge >= 0.3 is 5.69 Å². The van der Waals surface area contributed by atoms with Crippen LogP contribution in [0.15, 0.2) is 41.5 Å². The Hall–Kier alpha value is -3.16. The quantitative estimate of drug-likeness (QED) is 0.737. The minimum atomic E-state index is -0.581. The molecule has 3 aromatic rings. The first kappa shape index (κ1) is 17.3. The molecule has 1 aliphatic heterocycles. The zero-order valence-electron chi connectivity index (χ0n) is 14.9. The van der Waals surface area contributed by atoms with Crippen LogP contribution in [0.2, 0.25) is 0 Å². The smallest absolute Gasteiger partial charge is 0.328 e. The van der Waals surface area contributed by atoms with E-state index >= 15 is 0 Å². The van der Waals surface area contributed by atoms with Crippen LogP contribution in [0.3, 0.4) is 0 Å². The number of rotatable bonds is 4. The molecule has 0 spiro atoms. The average Bonchev–Trinajstić information content (AvgIpc) is 3.29. The van der Waals surface area contributed by atoms with Crippen molar-refractivity contribution in [1.82, 2.24) is 24.4 Å². The maximum atomic E-state index is 13.3. The topological polar surface area (TPSA) is 84.7 Å². The van der Waals surface area contributed by atoms with E-state index in [-0.39, 0.29) is 17.4 Å². The van der Waals surface area contributed by atoms with Crippen molar-refractivity contribution in [1.29, 1.82) is 0 Å². The van der Waals surface area contributed by atoms with E-state index < -0.39 is 6.04 Å². The van der Waals surface area contributed by atoms with E-state index in [0.29, 0.717) is 30.0 Å². The summed E-state index contributed by atoms with van der Waals surface area (Å²) in [5.41, 5.74) is 1.66. The lowest BCUT2D eigenvalue weighted by Crippen LogP contribution is -2.33. The second-order valence-corrected chi connectivity index (χ2v) is 6.68. The van der Waals surface area contributed by atoms with Crippen molar-refractivity contribution < 1.29 is 9.18 Å². The summed E-state index contributed by atoms with van der Waals surface area (Å²) in [6, 6.07) is 5.32. The van der Waals surface area contributed by atoms with Gasteiger partial charge in [-0.15, -0.1) is 0 Å². The fraction of sp³-hybridized carbons (Fsp3) is 0.316. The third-order valence-corrected chi connectivity index (χ3v) is 4.98. The van der Waals surface area contributed by atoms with Crippen LogP contribution >= 0.6 is 0 Å². The first-order valence-electron chi connectivity index (χ1n) is 8.90. The number of H-pyrrole nitrogens is 1. The molecule has 0 saturated carbocycles. The van der Waals surface area contributed by atoms with E-state index in [4.69, 9.17) is 0 Å². The predicted octanol–water partition coefficient (Wildman–Crippen LogP) is 1.90. The van der Waals surface area contributed by atoms with Crippen LogP contribution in [0.1, 0.15) is 46.5 Å². The monoisotopic (exact) mass is 369 g/mol. The molecule has 1 amide bonds. The molecule has 1 aliphatic rings. The number of halogens is 1. The number of aromatic amines is 1. The second kappa shape index (κ2) is 6.86. The molecular formula is C19H20FN5O2. The zero-order valence-corrected chi connectivity index (χ0v) is 14.9. The van der Waals surface area contributed by atoms with Gasteiger partial charge in [0.15, 0.2) is 0 Å². The Labute approximate surface area is 154 Å². The molecule has 1 aromatic carbocycles. The first-order chi connectivity index (χ1) is 13.1. The maximum absolute atomic E-state index is 13.3. The molecule has 0 radical (unpaired) electrons. The van der Waals surface area contributed by atoms with E-state index in [9.17, 15) is 14.0 Å². The number of aromatic nitrogens is 4. The Kier molecular flexibility index (Phi) is 4.39. The summed E-state index contributed by atoms with van der Waals surface area (Å²) in [5, 5.41) is 2.95. The standard InChI is InChI=1S/C19H20FN5O2/c1-24-16(14-4-2-3-11-25(14)19(24)27)18(26)23-15(17-21-9-10-22-17)12-5-7-13(20)8-6-12/h5-10,15H,2-4,11H2,1H3,(H,21,22)(H,23,26). The van der Waals surface area contributed by atoms with Gasteiger partial charge in [-0.25, -0.2) is 14.2 Å². The number of benzene rings is 1. The lowest BCUT2D eigenvalue weighted by Gasteiger charge is -2.19. The summed E-state index contributed by atoms with van der Waals surface area (Å²) in [7, 11) is 1.61. The number of hydrogen-bond donors (Lipinski definition) is 2. The van der Waals surface area contributed by atoms with Gasteiger partial charge in [0.2, 0.25) is 0 Å². The molecule has 1 unspecified atom stereocenters. The molecule has 8 heteroatoms. The summed E-state index contributed by atoms with van der Waals surface area (Å²) in [4.78, 5) is 32.8. The van der Waals surface area contributed by atoms with Gasteiger partial charge in [0, 0.05) is 26.0 Å². The number of fused-ring (bicyclic) bond motifs is 1. The van der Waals surface area contributed by atoms with Crippen LogP contribution in [-0.2, 0) is 20.0 Å². The summed E-state index contributed by atoms with van der Waals surface area (Å²) in [6.45, 7) is 0.634. The lowest BCUT2D eigenvalue weighted by molar-refractivity contribution is 0.0931. The van der Waals surface area contributed by atoms with E-state index in [1.165, 1.54) is 16.7 Å². The molecule has 140 valence electrons. The highest BCUT2D eigenvalue weighted by Gasteiger charge is 2.28. The number of amides is 1. The van der Waals surface area contributed by atoms with Gasteiger partial charge in [0.25, 0.3) is 5.91 Å². The number of carbonyl (C=O) groups excluding carboxylic acids is 1. The highest BCUT2D eigenvalue weighted by Crippen LogP contribution is 2.22. The predicted molar refractivity (Wildman–Crippen MR) is 96.9 cm³/mol. The van der Waals surface area contributed by atoms with Gasteiger partial charge in [-0.05, 0) is 37.0 Å². The molecule has 3 heterocycles. The largest absolute Gasteiger partial charge is 0.347 e. The average molecular weight is 369 g/mol. The van der Waals surface area contributed by atoms with Crippen LogP contribution < -0.4 is 11.0 Å². The molecule has 2 aromatic heterocycles. The Morgan fingerprint density at radius 3 is 2.78 bits per heavy atom. The lowest BCUT2D eigenvalue weighted by atomic mass is 10.0. The molecule has 0 fully saturated rings. The number of nitrogens with one attached hydrogen (secondary N) is 2. The van der Waals surface area contributed by atoms with Crippen LogP contribution in [0, 0.1) is 5.82 Å². The van der Waals surface area contributed by atoms with Crippen LogP contribution in [0.25, 0.3) is 0 Å². The highest BCUT2D eigenvalue weighted by atomic mass is 19.1.